The maximum Gasteiger partial charge on any atom is 0.244 e. The minimum atomic E-state index is -3.94. The second kappa shape index (κ2) is 6.91. The first kappa shape index (κ1) is 16.5. The molecule has 1 aromatic heterocycles. The van der Waals surface area contributed by atoms with E-state index < -0.39 is 21.9 Å². The number of benzene rings is 1. The smallest absolute Gasteiger partial charge is 0.244 e. The van der Waals surface area contributed by atoms with Crippen molar-refractivity contribution in [2.45, 2.75) is 17.4 Å². The van der Waals surface area contributed by atoms with Gasteiger partial charge >= 0.3 is 0 Å². The molecular formula is C14H16FNO5S. The first-order chi connectivity index (χ1) is 10.4. The van der Waals surface area contributed by atoms with Crippen molar-refractivity contribution in [1.82, 2.24) is 4.72 Å². The highest BCUT2D eigenvalue weighted by molar-refractivity contribution is 7.89. The van der Waals surface area contributed by atoms with Crippen molar-refractivity contribution in [3.05, 3.63) is 48.2 Å². The number of nitrogens with one attached hydrogen (secondary N) is 1. The Morgan fingerprint density at radius 2 is 2.18 bits per heavy atom. The lowest BCUT2D eigenvalue weighted by atomic mass is 10.1. The number of hydrogen-bond donors (Lipinski definition) is 2. The summed E-state index contributed by atoms with van der Waals surface area (Å²) >= 11 is 0. The molecule has 2 N–H and O–H groups in total. The lowest BCUT2D eigenvalue weighted by Gasteiger charge is -2.12. The highest BCUT2D eigenvalue weighted by atomic mass is 32.2. The molecule has 0 spiro atoms. The van der Waals surface area contributed by atoms with Gasteiger partial charge in [-0.25, -0.2) is 17.5 Å². The van der Waals surface area contributed by atoms with Gasteiger partial charge in [-0.05, 0) is 30.7 Å². The molecule has 0 saturated heterocycles. The molecule has 0 bridgehead atoms. The normalized spacial score (nSPS) is 13.0. The van der Waals surface area contributed by atoms with Gasteiger partial charge in [0.25, 0.3) is 0 Å². The Balaban J connectivity index is 2.04. The Hall–Kier alpha value is -1.90. The summed E-state index contributed by atoms with van der Waals surface area (Å²) in [6, 6.07) is 4.83. The van der Waals surface area contributed by atoms with Gasteiger partial charge in [-0.1, -0.05) is 0 Å². The summed E-state index contributed by atoms with van der Waals surface area (Å²) in [6.07, 6.45) is 2.10. The first-order valence-electron chi connectivity index (χ1n) is 6.47. The second-order valence-corrected chi connectivity index (χ2v) is 6.29. The number of sulfonamides is 1. The largest absolute Gasteiger partial charge is 0.495 e. The number of aliphatic hydroxyl groups excluding tert-OH is 1. The van der Waals surface area contributed by atoms with E-state index >= 15 is 0 Å². The zero-order chi connectivity index (χ0) is 16.2. The highest BCUT2D eigenvalue weighted by Crippen LogP contribution is 2.24. The summed E-state index contributed by atoms with van der Waals surface area (Å²) in [4.78, 5) is -0.284. The van der Waals surface area contributed by atoms with Gasteiger partial charge in [0.15, 0.2) is 0 Å². The Morgan fingerprint density at radius 1 is 1.41 bits per heavy atom. The highest BCUT2D eigenvalue weighted by Gasteiger charge is 2.20. The molecule has 0 aliphatic carbocycles. The van der Waals surface area contributed by atoms with E-state index in [4.69, 9.17) is 9.15 Å². The zero-order valence-corrected chi connectivity index (χ0v) is 12.6. The van der Waals surface area contributed by atoms with Crippen LogP contribution in [-0.2, 0) is 10.0 Å². The second-order valence-electron chi connectivity index (χ2n) is 4.55. The molecule has 2 aromatic rings. The fraction of sp³-hybridized carbons (Fsp3) is 0.286. The Morgan fingerprint density at radius 3 is 2.82 bits per heavy atom. The van der Waals surface area contributed by atoms with Crippen LogP contribution in [0, 0.1) is 5.82 Å². The molecular weight excluding hydrogens is 313 g/mol. The molecule has 22 heavy (non-hydrogen) atoms. The van der Waals surface area contributed by atoms with E-state index in [0.29, 0.717) is 5.56 Å². The SMILES string of the molecule is COc1ccc(F)cc1S(=O)(=O)NCC[C@@H](O)c1ccoc1. The summed E-state index contributed by atoms with van der Waals surface area (Å²) < 4.78 is 49.7. The van der Waals surface area contributed by atoms with Crippen molar-refractivity contribution in [2.75, 3.05) is 13.7 Å². The van der Waals surface area contributed by atoms with Crippen LogP contribution < -0.4 is 9.46 Å². The molecule has 0 aliphatic heterocycles. The third-order valence-corrected chi connectivity index (χ3v) is 4.54. The average Bonchev–Trinajstić information content (AvgIpc) is 3.01. The molecule has 1 heterocycles. The van der Waals surface area contributed by atoms with E-state index in [1.54, 1.807) is 6.07 Å². The third kappa shape index (κ3) is 3.85. The van der Waals surface area contributed by atoms with E-state index in [0.717, 1.165) is 12.1 Å². The zero-order valence-electron chi connectivity index (χ0n) is 11.8. The van der Waals surface area contributed by atoms with E-state index in [2.05, 4.69) is 4.72 Å². The van der Waals surface area contributed by atoms with Gasteiger partial charge in [-0.3, -0.25) is 0 Å². The molecule has 6 nitrogen and oxygen atoms in total. The minimum Gasteiger partial charge on any atom is -0.495 e. The number of methoxy groups -OCH3 is 1. The Kier molecular flexibility index (Phi) is 5.17. The predicted molar refractivity (Wildman–Crippen MR) is 76.4 cm³/mol. The van der Waals surface area contributed by atoms with Crippen molar-refractivity contribution in [3.8, 4) is 5.75 Å². The van der Waals surface area contributed by atoms with Crippen molar-refractivity contribution in [2.24, 2.45) is 0 Å². The van der Waals surface area contributed by atoms with Crippen LogP contribution in [0.3, 0.4) is 0 Å². The van der Waals surface area contributed by atoms with Gasteiger partial charge in [-0.2, -0.15) is 0 Å². The minimum absolute atomic E-state index is 0.0195. The van der Waals surface area contributed by atoms with Crippen LogP contribution in [0.25, 0.3) is 0 Å². The molecule has 0 saturated carbocycles. The van der Waals surface area contributed by atoms with E-state index in [9.17, 15) is 17.9 Å². The van der Waals surface area contributed by atoms with Crippen molar-refractivity contribution in [1.29, 1.82) is 0 Å². The topological polar surface area (TPSA) is 88.8 Å². The third-order valence-electron chi connectivity index (χ3n) is 3.05. The van der Waals surface area contributed by atoms with Crippen molar-refractivity contribution < 1.29 is 27.1 Å². The van der Waals surface area contributed by atoms with Gasteiger partial charge in [0.1, 0.15) is 16.5 Å². The molecule has 1 aromatic carbocycles. The maximum atomic E-state index is 13.3. The predicted octanol–water partition coefficient (Wildman–Crippen LogP) is 1.83. The van der Waals surface area contributed by atoms with Crippen molar-refractivity contribution in [3.63, 3.8) is 0 Å². The summed E-state index contributed by atoms with van der Waals surface area (Å²) in [6.45, 7) is -0.0195. The van der Waals surface area contributed by atoms with E-state index in [1.165, 1.54) is 25.7 Å². The van der Waals surface area contributed by atoms with Crippen molar-refractivity contribution >= 4 is 10.0 Å². The number of furan rings is 1. The fourth-order valence-corrected chi connectivity index (χ4v) is 3.13. The van der Waals surface area contributed by atoms with Crippen LogP contribution in [0.2, 0.25) is 0 Å². The first-order valence-corrected chi connectivity index (χ1v) is 7.95. The van der Waals surface area contributed by atoms with Gasteiger partial charge < -0.3 is 14.3 Å². The van der Waals surface area contributed by atoms with Crippen LogP contribution in [0.4, 0.5) is 4.39 Å². The average molecular weight is 329 g/mol. The van der Waals surface area contributed by atoms with Crippen LogP contribution >= 0.6 is 0 Å². The standard InChI is InChI=1S/C14H16FNO5S/c1-20-13-3-2-11(15)8-14(13)22(18,19)16-6-4-12(17)10-5-7-21-9-10/h2-3,5,7-9,12,16-17H,4,6H2,1H3/t12-/m1/s1. The Bertz CT molecular complexity index is 715. The number of ether oxygens (including phenoxy) is 1. The molecule has 1 atom stereocenters. The summed E-state index contributed by atoms with van der Waals surface area (Å²) in [5.74, 6) is -0.635. The molecule has 2 rings (SSSR count). The maximum absolute atomic E-state index is 13.3. The van der Waals surface area contributed by atoms with Crippen LogP contribution in [0.5, 0.6) is 5.75 Å². The molecule has 0 radical (unpaired) electrons. The molecule has 120 valence electrons. The van der Waals surface area contributed by atoms with Gasteiger partial charge in [-0.15, -0.1) is 0 Å². The molecule has 0 amide bonds. The van der Waals surface area contributed by atoms with Gasteiger partial charge in [0.2, 0.25) is 10.0 Å². The quantitative estimate of drug-likeness (QED) is 0.809. The molecule has 0 unspecified atom stereocenters. The monoisotopic (exact) mass is 329 g/mol. The van der Waals surface area contributed by atoms with Crippen LogP contribution in [0.15, 0.2) is 46.1 Å². The number of aliphatic hydroxyl groups is 1. The number of rotatable bonds is 7. The van der Waals surface area contributed by atoms with Gasteiger partial charge in [0.05, 0.1) is 25.7 Å². The van der Waals surface area contributed by atoms with Gasteiger partial charge in [0, 0.05) is 12.1 Å². The molecule has 0 fully saturated rings. The van der Waals surface area contributed by atoms with E-state index in [1.807, 2.05) is 0 Å². The summed E-state index contributed by atoms with van der Waals surface area (Å²) in [5, 5.41) is 9.84. The summed E-state index contributed by atoms with van der Waals surface area (Å²) in [5.41, 5.74) is 0.558. The molecule has 0 aliphatic rings. The lowest BCUT2D eigenvalue weighted by molar-refractivity contribution is 0.168. The van der Waals surface area contributed by atoms with Crippen LogP contribution in [-0.4, -0.2) is 27.2 Å². The van der Waals surface area contributed by atoms with Crippen LogP contribution in [0.1, 0.15) is 18.1 Å². The number of hydrogen-bond acceptors (Lipinski definition) is 5. The molecule has 8 heteroatoms. The Labute approximate surface area is 127 Å². The summed E-state index contributed by atoms with van der Waals surface area (Å²) in [7, 11) is -2.64. The van der Waals surface area contributed by atoms with E-state index in [-0.39, 0.29) is 23.6 Å². The number of halogens is 1. The fourth-order valence-electron chi connectivity index (χ4n) is 1.90. The lowest BCUT2D eigenvalue weighted by Crippen LogP contribution is -2.26.